The van der Waals surface area contributed by atoms with Gasteiger partial charge in [-0.05, 0) is 45.2 Å². The third-order valence-electron chi connectivity index (χ3n) is 4.39. The maximum absolute atomic E-state index is 4.80. The molecule has 5 heteroatoms. The number of rotatable bonds is 5. The van der Waals surface area contributed by atoms with Crippen LogP contribution in [0.1, 0.15) is 46.5 Å². The largest absolute Gasteiger partial charge is 0.357 e. The number of likely N-dealkylation sites (N-methyl/N-ethyl adjacent to an activating group) is 1. The Morgan fingerprint density at radius 3 is 2.65 bits per heavy atom. The second-order valence-corrected chi connectivity index (χ2v) is 5.96. The SMILES string of the molecule is CCNC(=NCC1CCCCN1CC)NC1CC1C.I. The molecule has 3 unspecified atom stereocenters. The summed E-state index contributed by atoms with van der Waals surface area (Å²) >= 11 is 0. The standard InChI is InChI=1S/C15H30N4.HI/c1-4-16-15(18-14-10-12(14)3)17-11-13-8-6-7-9-19(13)5-2;/h12-14H,4-11H2,1-3H3,(H2,16,17,18);1H. The number of halogens is 1. The summed E-state index contributed by atoms with van der Waals surface area (Å²) in [4.78, 5) is 7.38. The van der Waals surface area contributed by atoms with E-state index in [1.165, 1.54) is 32.2 Å². The zero-order valence-electron chi connectivity index (χ0n) is 13.2. The zero-order valence-corrected chi connectivity index (χ0v) is 15.5. The van der Waals surface area contributed by atoms with Gasteiger partial charge >= 0.3 is 0 Å². The predicted octanol–water partition coefficient (Wildman–Crippen LogP) is 2.44. The number of likely N-dealkylation sites (tertiary alicyclic amines) is 1. The van der Waals surface area contributed by atoms with Crippen LogP contribution in [0.5, 0.6) is 0 Å². The fourth-order valence-corrected chi connectivity index (χ4v) is 2.90. The fourth-order valence-electron chi connectivity index (χ4n) is 2.90. The van der Waals surface area contributed by atoms with Crippen molar-refractivity contribution in [2.45, 2.75) is 58.5 Å². The monoisotopic (exact) mass is 394 g/mol. The first-order chi connectivity index (χ1) is 9.24. The lowest BCUT2D eigenvalue weighted by Gasteiger charge is -2.34. The Morgan fingerprint density at radius 2 is 2.05 bits per heavy atom. The van der Waals surface area contributed by atoms with E-state index in [-0.39, 0.29) is 24.0 Å². The Balaban J connectivity index is 0.00000200. The lowest BCUT2D eigenvalue weighted by Crippen LogP contribution is -2.43. The molecular weight excluding hydrogens is 363 g/mol. The first-order valence-electron chi connectivity index (χ1n) is 8.03. The highest BCUT2D eigenvalue weighted by Gasteiger charge is 2.33. The molecule has 2 fully saturated rings. The molecule has 1 aliphatic carbocycles. The quantitative estimate of drug-likeness (QED) is 0.428. The van der Waals surface area contributed by atoms with Crippen LogP contribution in [0.4, 0.5) is 0 Å². The van der Waals surface area contributed by atoms with Gasteiger partial charge in [-0.15, -0.1) is 24.0 Å². The number of nitrogens with one attached hydrogen (secondary N) is 2. The van der Waals surface area contributed by atoms with Gasteiger partial charge in [0.05, 0.1) is 6.54 Å². The third-order valence-corrected chi connectivity index (χ3v) is 4.39. The predicted molar refractivity (Wildman–Crippen MR) is 97.0 cm³/mol. The number of hydrogen-bond donors (Lipinski definition) is 2. The first kappa shape index (κ1) is 18.0. The van der Waals surface area contributed by atoms with Gasteiger partial charge in [-0.3, -0.25) is 9.89 Å². The Morgan fingerprint density at radius 1 is 1.30 bits per heavy atom. The molecule has 0 amide bonds. The fraction of sp³-hybridized carbons (Fsp3) is 0.933. The van der Waals surface area contributed by atoms with E-state index >= 15 is 0 Å². The molecule has 0 radical (unpaired) electrons. The van der Waals surface area contributed by atoms with Crippen LogP contribution < -0.4 is 10.6 Å². The van der Waals surface area contributed by atoms with Crippen molar-refractivity contribution in [3.05, 3.63) is 0 Å². The normalized spacial score (nSPS) is 30.6. The van der Waals surface area contributed by atoms with Gasteiger partial charge in [0.1, 0.15) is 0 Å². The van der Waals surface area contributed by atoms with Gasteiger partial charge in [0, 0.05) is 18.6 Å². The van der Waals surface area contributed by atoms with Gasteiger partial charge < -0.3 is 10.6 Å². The second-order valence-electron chi connectivity index (χ2n) is 5.96. The molecule has 20 heavy (non-hydrogen) atoms. The van der Waals surface area contributed by atoms with E-state index in [0.29, 0.717) is 12.1 Å². The molecule has 4 nitrogen and oxygen atoms in total. The molecule has 1 saturated heterocycles. The summed E-state index contributed by atoms with van der Waals surface area (Å²) in [6.07, 6.45) is 5.30. The minimum atomic E-state index is 0. The molecule has 1 aliphatic heterocycles. The van der Waals surface area contributed by atoms with E-state index in [0.717, 1.165) is 31.5 Å². The van der Waals surface area contributed by atoms with Crippen molar-refractivity contribution in [3.8, 4) is 0 Å². The Bertz CT molecular complexity index is 308. The van der Waals surface area contributed by atoms with E-state index in [1.54, 1.807) is 0 Å². The van der Waals surface area contributed by atoms with Crippen LogP contribution in [0.3, 0.4) is 0 Å². The number of piperidine rings is 1. The second kappa shape index (κ2) is 9.07. The molecule has 0 spiro atoms. The van der Waals surface area contributed by atoms with Crippen molar-refractivity contribution >= 4 is 29.9 Å². The minimum absolute atomic E-state index is 0. The molecule has 0 aromatic carbocycles. The van der Waals surface area contributed by atoms with Crippen molar-refractivity contribution in [2.24, 2.45) is 10.9 Å². The van der Waals surface area contributed by atoms with E-state index in [9.17, 15) is 0 Å². The first-order valence-corrected chi connectivity index (χ1v) is 8.03. The van der Waals surface area contributed by atoms with Crippen LogP contribution in [-0.4, -0.2) is 49.1 Å². The highest BCUT2D eigenvalue weighted by atomic mass is 127. The Labute approximate surface area is 141 Å². The van der Waals surface area contributed by atoms with Gasteiger partial charge in [-0.2, -0.15) is 0 Å². The van der Waals surface area contributed by atoms with Gasteiger partial charge in [0.2, 0.25) is 0 Å². The van der Waals surface area contributed by atoms with Crippen LogP contribution in [0.15, 0.2) is 4.99 Å². The molecule has 118 valence electrons. The van der Waals surface area contributed by atoms with Crippen LogP contribution in [0.25, 0.3) is 0 Å². The van der Waals surface area contributed by atoms with Crippen LogP contribution in [0.2, 0.25) is 0 Å². The summed E-state index contributed by atoms with van der Waals surface area (Å²) in [5.41, 5.74) is 0. The maximum atomic E-state index is 4.80. The van der Waals surface area contributed by atoms with Gasteiger partial charge in [0.25, 0.3) is 0 Å². The molecule has 0 bridgehead atoms. The topological polar surface area (TPSA) is 39.7 Å². The molecule has 1 saturated carbocycles. The van der Waals surface area contributed by atoms with Crippen molar-refractivity contribution in [2.75, 3.05) is 26.2 Å². The summed E-state index contributed by atoms with van der Waals surface area (Å²) < 4.78 is 0. The third kappa shape index (κ3) is 5.39. The van der Waals surface area contributed by atoms with Gasteiger partial charge in [-0.25, -0.2) is 0 Å². The number of hydrogen-bond acceptors (Lipinski definition) is 2. The summed E-state index contributed by atoms with van der Waals surface area (Å²) in [5, 5.41) is 6.90. The molecular formula is C15H31IN4. The summed E-state index contributed by atoms with van der Waals surface area (Å²) in [6, 6.07) is 1.29. The van der Waals surface area contributed by atoms with E-state index < -0.39 is 0 Å². The van der Waals surface area contributed by atoms with E-state index in [4.69, 9.17) is 4.99 Å². The molecule has 2 N–H and O–H groups in total. The van der Waals surface area contributed by atoms with Crippen LogP contribution >= 0.6 is 24.0 Å². The van der Waals surface area contributed by atoms with Crippen molar-refractivity contribution < 1.29 is 0 Å². The van der Waals surface area contributed by atoms with Crippen LogP contribution in [0, 0.1) is 5.92 Å². The molecule has 1 heterocycles. The summed E-state index contributed by atoms with van der Waals surface area (Å²) in [6.45, 7) is 11.0. The van der Waals surface area contributed by atoms with Crippen LogP contribution in [-0.2, 0) is 0 Å². The van der Waals surface area contributed by atoms with E-state index in [1.807, 2.05) is 0 Å². The lowest BCUT2D eigenvalue weighted by atomic mass is 10.0. The Kier molecular flexibility index (Phi) is 8.17. The highest BCUT2D eigenvalue weighted by molar-refractivity contribution is 14.0. The van der Waals surface area contributed by atoms with Crippen molar-refractivity contribution in [3.63, 3.8) is 0 Å². The summed E-state index contributed by atoms with van der Waals surface area (Å²) in [7, 11) is 0. The van der Waals surface area contributed by atoms with Gasteiger partial charge in [0.15, 0.2) is 5.96 Å². The minimum Gasteiger partial charge on any atom is -0.357 e. The highest BCUT2D eigenvalue weighted by Crippen LogP contribution is 2.28. The molecule has 2 aliphatic rings. The molecule has 2 rings (SSSR count). The zero-order chi connectivity index (χ0) is 13.7. The average Bonchev–Trinajstić information content (AvgIpc) is 3.12. The van der Waals surface area contributed by atoms with Gasteiger partial charge in [-0.1, -0.05) is 20.3 Å². The smallest absolute Gasteiger partial charge is 0.191 e. The molecule has 0 aromatic heterocycles. The van der Waals surface area contributed by atoms with E-state index in [2.05, 4.69) is 36.3 Å². The van der Waals surface area contributed by atoms with Crippen molar-refractivity contribution in [1.82, 2.24) is 15.5 Å². The average molecular weight is 394 g/mol. The number of nitrogens with zero attached hydrogens (tertiary/aromatic N) is 2. The van der Waals surface area contributed by atoms with Crippen molar-refractivity contribution in [1.29, 1.82) is 0 Å². The molecule has 0 aromatic rings. The maximum Gasteiger partial charge on any atom is 0.191 e. The number of aliphatic imine (C=N–C) groups is 1. The Hall–Kier alpha value is -0.0400. The summed E-state index contributed by atoms with van der Waals surface area (Å²) in [5.74, 6) is 1.82. The molecule has 3 atom stereocenters. The number of guanidine groups is 1. The lowest BCUT2D eigenvalue weighted by molar-refractivity contribution is 0.161.